The van der Waals surface area contributed by atoms with Crippen LogP contribution in [0.3, 0.4) is 0 Å². The molecule has 5 rings (SSSR count). The normalized spacial score (nSPS) is 21.8. The van der Waals surface area contributed by atoms with Crippen molar-refractivity contribution in [2.45, 2.75) is 97.0 Å². The second-order valence-electron chi connectivity index (χ2n) is 12.2. The molecule has 0 spiro atoms. The van der Waals surface area contributed by atoms with Crippen molar-refractivity contribution in [3.63, 3.8) is 0 Å². The number of unbranched alkanes of at least 4 members (excludes halogenated alkanes) is 3. The third kappa shape index (κ3) is 5.32. The van der Waals surface area contributed by atoms with E-state index in [1.807, 2.05) is 12.1 Å². The molecule has 1 amide bonds. The molecule has 2 atom stereocenters. The van der Waals surface area contributed by atoms with E-state index in [1.54, 1.807) is 17.0 Å². The standard InChI is InChI=1S/C34H43NO3/c1-5-6-7-12-24-20-25(32-28-19-23(2)16-17-29(28)34(3,4)38-31(32)21-24)13-10-11-18-35-22-30(36)26-14-8-9-15-27(26)33(35)37/h8-9,14-16,20-21,28-29H,5-7,10-13,17-19,22H2,1-4H3. The number of carbonyl (C=O) groups is 2. The van der Waals surface area contributed by atoms with Crippen molar-refractivity contribution >= 4 is 11.7 Å². The van der Waals surface area contributed by atoms with E-state index in [0.717, 1.165) is 44.3 Å². The molecule has 3 aliphatic rings. The largest absolute Gasteiger partial charge is 0.487 e. The average Bonchev–Trinajstić information content (AvgIpc) is 2.88. The molecule has 2 aromatic rings. The average molecular weight is 514 g/mol. The van der Waals surface area contributed by atoms with Gasteiger partial charge in [0.1, 0.15) is 11.4 Å². The molecule has 202 valence electrons. The van der Waals surface area contributed by atoms with E-state index < -0.39 is 0 Å². The quantitative estimate of drug-likeness (QED) is 0.255. The first kappa shape index (κ1) is 26.7. The third-order valence-corrected chi connectivity index (χ3v) is 8.94. The number of ketones is 1. The first-order valence-corrected chi connectivity index (χ1v) is 14.7. The highest BCUT2D eigenvalue weighted by atomic mass is 16.5. The summed E-state index contributed by atoms with van der Waals surface area (Å²) in [6.45, 7) is 9.86. The molecule has 0 N–H and O–H groups in total. The number of aryl methyl sites for hydroxylation is 2. The number of ether oxygens (including phenoxy) is 1. The van der Waals surface area contributed by atoms with Gasteiger partial charge in [-0.1, -0.05) is 55.7 Å². The first-order chi connectivity index (χ1) is 18.3. The van der Waals surface area contributed by atoms with Crippen LogP contribution >= 0.6 is 0 Å². The summed E-state index contributed by atoms with van der Waals surface area (Å²) in [6, 6.07) is 12.0. The van der Waals surface area contributed by atoms with Crippen LogP contribution in [0.2, 0.25) is 0 Å². The topological polar surface area (TPSA) is 46.6 Å². The lowest BCUT2D eigenvalue weighted by molar-refractivity contribution is 0.00807. The van der Waals surface area contributed by atoms with Crippen molar-refractivity contribution in [3.05, 3.63) is 75.9 Å². The highest BCUT2D eigenvalue weighted by Gasteiger charge is 2.45. The van der Waals surface area contributed by atoms with Crippen LogP contribution in [0, 0.1) is 5.92 Å². The molecule has 2 unspecified atom stereocenters. The number of rotatable bonds is 9. The third-order valence-electron chi connectivity index (χ3n) is 8.94. The van der Waals surface area contributed by atoms with Gasteiger partial charge in [-0.25, -0.2) is 0 Å². The Morgan fingerprint density at radius 2 is 1.76 bits per heavy atom. The minimum absolute atomic E-state index is 0.0153. The lowest BCUT2D eigenvalue weighted by atomic mass is 9.66. The Balaban J connectivity index is 1.34. The van der Waals surface area contributed by atoms with Crippen molar-refractivity contribution in [2.75, 3.05) is 13.1 Å². The second kappa shape index (κ2) is 11.1. The van der Waals surface area contributed by atoms with E-state index >= 15 is 0 Å². The lowest BCUT2D eigenvalue weighted by Gasteiger charge is -2.47. The number of allylic oxidation sites excluding steroid dienone is 2. The van der Waals surface area contributed by atoms with Crippen molar-refractivity contribution in [1.29, 1.82) is 0 Å². The molecule has 0 saturated heterocycles. The Hall–Kier alpha value is -2.88. The summed E-state index contributed by atoms with van der Waals surface area (Å²) in [7, 11) is 0. The molecule has 1 aliphatic carbocycles. The van der Waals surface area contributed by atoms with E-state index in [1.165, 1.54) is 41.5 Å². The predicted molar refractivity (Wildman–Crippen MR) is 153 cm³/mol. The highest BCUT2D eigenvalue weighted by Crippen LogP contribution is 2.52. The molecule has 2 aliphatic heterocycles. The van der Waals surface area contributed by atoms with Gasteiger partial charge in [0.2, 0.25) is 0 Å². The van der Waals surface area contributed by atoms with Crippen LogP contribution in [-0.2, 0) is 12.8 Å². The van der Waals surface area contributed by atoms with E-state index in [-0.39, 0.29) is 23.8 Å². The Morgan fingerprint density at radius 1 is 1.00 bits per heavy atom. The fourth-order valence-corrected chi connectivity index (χ4v) is 6.89. The molecule has 38 heavy (non-hydrogen) atoms. The molecule has 0 saturated carbocycles. The maximum absolute atomic E-state index is 13.0. The molecule has 0 radical (unpaired) electrons. The van der Waals surface area contributed by atoms with Crippen LogP contribution in [0.5, 0.6) is 5.75 Å². The van der Waals surface area contributed by atoms with Crippen molar-refractivity contribution < 1.29 is 14.3 Å². The molecule has 2 heterocycles. The van der Waals surface area contributed by atoms with E-state index in [4.69, 9.17) is 4.74 Å². The number of benzene rings is 2. The minimum atomic E-state index is -0.175. The summed E-state index contributed by atoms with van der Waals surface area (Å²) in [4.78, 5) is 27.3. The lowest BCUT2D eigenvalue weighted by Crippen LogP contribution is -2.45. The molecule has 4 nitrogen and oxygen atoms in total. The van der Waals surface area contributed by atoms with Gasteiger partial charge in [-0.3, -0.25) is 9.59 Å². The predicted octanol–water partition coefficient (Wildman–Crippen LogP) is 7.69. The summed E-state index contributed by atoms with van der Waals surface area (Å²) in [5.41, 5.74) is 6.67. The number of fused-ring (bicyclic) bond motifs is 4. The Labute approximate surface area is 228 Å². The van der Waals surface area contributed by atoms with Gasteiger partial charge in [0.05, 0.1) is 12.1 Å². The fraction of sp³-hybridized carbons (Fsp3) is 0.529. The van der Waals surface area contributed by atoms with Gasteiger partial charge in [-0.2, -0.15) is 0 Å². The summed E-state index contributed by atoms with van der Waals surface area (Å²) >= 11 is 0. The summed E-state index contributed by atoms with van der Waals surface area (Å²) < 4.78 is 6.75. The monoisotopic (exact) mass is 513 g/mol. The van der Waals surface area contributed by atoms with Gasteiger partial charge in [0.25, 0.3) is 5.91 Å². The molecular formula is C34H43NO3. The number of nitrogens with zero attached hydrogens (tertiary/aromatic N) is 1. The molecule has 2 aromatic carbocycles. The van der Waals surface area contributed by atoms with Crippen LogP contribution in [0.25, 0.3) is 0 Å². The van der Waals surface area contributed by atoms with E-state index in [2.05, 4.69) is 45.9 Å². The van der Waals surface area contributed by atoms with Gasteiger partial charge in [0, 0.05) is 23.6 Å². The Bertz CT molecular complexity index is 1240. The van der Waals surface area contributed by atoms with Crippen LogP contribution in [-0.4, -0.2) is 35.3 Å². The number of amides is 1. The van der Waals surface area contributed by atoms with Crippen molar-refractivity contribution in [1.82, 2.24) is 4.90 Å². The van der Waals surface area contributed by atoms with E-state index in [0.29, 0.717) is 29.5 Å². The van der Waals surface area contributed by atoms with Crippen molar-refractivity contribution in [3.8, 4) is 5.75 Å². The number of carbonyl (C=O) groups excluding carboxylic acids is 2. The van der Waals surface area contributed by atoms with Crippen LogP contribution < -0.4 is 4.74 Å². The Kier molecular flexibility index (Phi) is 7.79. The van der Waals surface area contributed by atoms with Gasteiger partial charge < -0.3 is 9.64 Å². The Morgan fingerprint density at radius 3 is 2.55 bits per heavy atom. The maximum Gasteiger partial charge on any atom is 0.255 e. The van der Waals surface area contributed by atoms with Gasteiger partial charge in [-0.15, -0.1) is 0 Å². The first-order valence-electron chi connectivity index (χ1n) is 14.7. The number of hydrogen-bond donors (Lipinski definition) is 0. The van der Waals surface area contributed by atoms with Crippen molar-refractivity contribution in [2.24, 2.45) is 5.92 Å². The zero-order valence-electron chi connectivity index (χ0n) is 23.6. The highest BCUT2D eigenvalue weighted by molar-refractivity contribution is 6.13. The summed E-state index contributed by atoms with van der Waals surface area (Å²) in [5.74, 6) is 2.11. The smallest absolute Gasteiger partial charge is 0.255 e. The second-order valence-corrected chi connectivity index (χ2v) is 12.2. The van der Waals surface area contributed by atoms with Crippen LogP contribution in [0.15, 0.2) is 48.0 Å². The van der Waals surface area contributed by atoms with Crippen LogP contribution in [0.1, 0.15) is 116 Å². The van der Waals surface area contributed by atoms with Gasteiger partial charge >= 0.3 is 0 Å². The number of Topliss-reactive ketones (excluding diaryl/α,β-unsaturated/α-hetero) is 1. The maximum atomic E-state index is 13.0. The SMILES string of the molecule is CCCCCc1cc(CCCCN2CC(=O)c3ccccc3C2=O)c2c(c1)OC(C)(C)C1CC=C(C)CC21. The van der Waals surface area contributed by atoms with Crippen LogP contribution in [0.4, 0.5) is 0 Å². The molecular weight excluding hydrogens is 470 g/mol. The summed E-state index contributed by atoms with van der Waals surface area (Å²) in [6.07, 6.45) is 12.2. The minimum Gasteiger partial charge on any atom is -0.487 e. The zero-order valence-corrected chi connectivity index (χ0v) is 23.6. The van der Waals surface area contributed by atoms with Gasteiger partial charge in [0.15, 0.2) is 5.78 Å². The summed E-state index contributed by atoms with van der Waals surface area (Å²) in [5, 5.41) is 0. The molecule has 0 aromatic heterocycles. The zero-order chi connectivity index (χ0) is 26.9. The molecule has 0 bridgehead atoms. The fourth-order valence-electron chi connectivity index (χ4n) is 6.89. The van der Waals surface area contributed by atoms with Gasteiger partial charge in [-0.05, 0) is 94.9 Å². The van der Waals surface area contributed by atoms with E-state index in [9.17, 15) is 9.59 Å². The molecule has 4 heteroatoms. The number of hydrogen-bond acceptors (Lipinski definition) is 3. The molecule has 0 fully saturated rings.